The van der Waals surface area contributed by atoms with E-state index in [0.29, 0.717) is 19.1 Å². The zero-order valence-corrected chi connectivity index (χ0v) is 13.2. The van der Waals surface area contributed by atoms with Crippen molar-refractivity contribution in [3.63, 3.8) is 0 Å². The van der Waals surface area contributed by atoms with Gasteiger partial charge in [0.25, 0.3) is 0 Å². The fraction of sp³-hybridized carbons (Fsp3) is 0.588. The Morgan fingerprint density at radius 3 is 2.62 bits per heavy atom. The Morgan fingerprint density at radius 1 is 1.29 bits per heavy atom. The van der Waals surface area contributed by atoms with Crippen LogP contribution >= 0.6 is 0 Å². The fourth-order valence-electron chi connectivity index (χ4n) is 2.57. The number of ether oxygens (including phenoxy) is 1. The maximum Gasteiger partial charge on any atom is 0.191 e. The number of piperidine rings is 1. The molecule has 1 aliphatic heterocycles. The lowest BCUT2D eigenvalue weighted by molar-refractivity contribution is 0.133. The van der Waals surface area contributed by atoms with Crippen LogP contribution in [0.4, 0.5) is 0 Å². The van der Waals surface area contributed by atoms with E-state index >= 15 is 0 Å². The smallest absolute Gasteiger partial charge is 0.191 e. The molecule has 1 fully saturated rings. The number of rotatable bonds is 5. The van der Waals surface area contributed by atoms with Crippen molar-refractivity contribution in [2.45, 2.75) is 39.8 Å². The third-order valence-electron chi connectivity index (χ3n) is 4.10. The highest BCUT2D eigenvalue weighted by Gasteiger charge is 2.16. The van der Waals surface area contributed by atoms with Crippen LogP contribution in [0.1, 0.15) is 37.8 Å². The minimum Gasteiger partial charge on any atom is -0.377 e. The molecule has 0 bridgehead atoms. The molecule has 0 aliphatic carbocycles. The van der Waals surface area contributed by atoms with Gasteiger partial charge in [0, 0.05) is 19.7 Å². The number of aliphatic imine (C=N–C) groups is 1. The summed E-state index contributed by atoms with van der Waals surface area (Å²) in [6, 6.07) is 8.28. The molecule has 1 heterocycles. The Kier molecular flexibility index (Phi) is 6.05. The van der Waals surface area contributed by atoms with Gasteiger partial charge in [0.15, 0.2) is 5.96 Å². The molecule has 0 radical (unpaired) electrons. The molecule has 0 unspecified atom stereocenters. The van der Waals surface area contributed by atoms with E-state index in [4.69, 9.17) is 10.5 Å². The summed E-state index contributed by atoms with van der Waals surface area (Å²) in [4.78, 5) is 6.78. The van der Waals surface area contributed by atoms with Crippen molar-refractivity contribution < 1.29 is 4.74 Å². The molecular weight excluding hydrogens is 262 g/mol. The van der Waals surface area contributed by atoms with Crippen molar-refractivity contribution >= 4 is 5.96 Å². The molecule has 0 atom stereocenters. The Balaban J connectivity index is 1.96. The van der Waals surface area contributed by atoms with Gasteiger partial charge in [-0.1, -0.05) is 31.2 Å². The minimum absolute atomic E-state index is 0.626. The quantitative estimate of drug-likeness (QED) is 0.670. The number of hydrogen-bond donors (Lipinski definition) is 1. The van der Waals surface area contributed by atoms with Gasteiger partial charge in [0.2, 0.25) is 0 Å². The predicted molar refractivity (Wildman–Crippen MR) is 87.1 cm³/mol. The number of guanidine groups is 1. The van der Waals surface area contributed by atoms with Gasteiger partial charge in [-0.2, -0.15) is 0 Å². The summed E-state index contributed by atoms with van der Waals surface area (Å²) in [7, 11) is 0. The lowest BCUT2D eigenvalue weighted by Crippen LogP contribution is -2.42. The second-order valence-electron chi connectivity index (χ2n) is 5.75. The van der Waals surface area contributed by atoms with Crippen molar-refractivity contribution in [3.05, 3.63) is 35.4 Å². The highest BCUT2D eigenvalue weighted by Crippen LogP contribution is 2.16. The van der Waals surface area contributed by atoms with E-state index < -0.39 is 0 Å². The lowest BCUT2D eigenvalue weighted by Gasteiger charge is -2.31. The number of nitrogens with zero attached hydrogens (tertiary/aromatic N) is 2. The van der Waals surface area contributed by atoms with E-state index in [0.717, 1.165) is 25.6 Å². The van der Waals surface area contributed by atoms with E-state index in [-0.39, 0.29) is 0 Å². The average Bonchev–Trinajstić information content (AvgIpc) is 2.52. The topological polar surface area (TPSA) is 50.9 Å². The minimum atomic E-state index is 0.626. The zero-order valence-electron chi connectivity index (χ0n) is 13.2. The molecule has 2 N–H and O–H groups in total. The van der Waals surface area contributed by atoms with Gasteiger partial charge in [-0.15, -0.1) is 0 Å². The van der Waals surface area contributed by atoms with Crippen LogP contribution in [0.5, 0.6) is 0 Å². The third-order valence-corrected chi connectivity index (χ3v) is 4.10. The molecule has 1 aromatic rings. The second kappa shape index (κ2) is 8.03. The zero-order chi connectivity index (χ0) is 15.1. The van der Waals surface area contributed by atoms with Crippen molar-refractivity contribution in [2.24, 2.45) is 16.6 Å². The van der Waals surface area contributed by atoms with Crippen molar-refractivity contribution in [3.8, 4) is 0 Å². The van der Waals surface area contributed by atoms with E-state index in [1.807, 2.05) is 19.1 Å². The number of hydrogen-bond acceptors (Lipinski definition) is 2. The number of benzene rings is 1. The van der Waals surface area contributed by atoms with Gasteiger partial charge in [-0.05, 0) is 36.8 Å². The monoisotopic (exact) mass is 289 g/mol. The van der Waals surface area contributed by atoms with Gasteiger partial charge in [0.05, 0.1) is 13.2 Å². The summed E-state index contributed by atoms with van der Waals surface area (Å²) in [5.74, 6) is 1.48. The summed E-state index contributed by atoms with van der Waals surface area (Å²) in [6.45, 7) is 8.36. The molecule has 1 aliphatic rings. The fourth-order valence-corrected chi connectivity index (χ4v) is 2.57. The Labute approximate surface area is 128 Å². The molecule has 2 rings (SSSR count). The molecule has 1 saturated heterocycles. The first kappa shape index (κ1) is 15.8. The highest BCUT2D eigenvalue weighted by atomic mass is 16.5. The third kappa shape index (κ3) is 4.74. The van der Waals surface area contributed by atoms with E-state index in [2.05, 4.69) is 28.9 Å². The summed E-state index contributed by atoms with van der Waals surface area (Å²) >= 11 is 0. The lowest BCUT2D eigenvalue weighted by atomic mass is 10.00. The molecule has 21 heavy (non-hydrogen) atoms. The first-order chi connectivity index (χ1) is 10.2. The van der Waals surface area contributed by atoms with Crippen LogP contribution in [0, 0.1) is 5.92 Å². The molecule has 0 saturated carbocycles. The molecular formula is C17H27N3O. The Morgan fingerprint density at radius 2 is 1.95 bits per heavy atom. The number of likely N-dealkylation sites (tertiary alicyclic amines) is 1. The van der Waals surface area contributed by atoms with Crippen LogP contribution < -0.4 is 5.73 Å². The summed E-state index contributed by atoms with van der Waals surface area (Å²) in [5.41, 5.74) is 8.53. The van der Waals surface area contributed by atoms with Crippen molar-refractivity contribution in [2.75, 3.05) is 19.7 Å². The van der Waals surface area contributed by atoms with E-state index in [1.165, 1.54) is 24.0 Å². The normalized spacial score (nSPS) is 17.2. The molecule has 116 valence electrons. The second-order valence-corrected chi connectivity index (χ2v) is 5.75. The highest BCUT2D eigenvalue weighted by molar-refractivity contribution is 5.78. The van der Waals surface area contributed by atoms with Gasteiger partial charge in [0.1, 0.15) is 0 Å². The first-order valence-electron chi connectivity index (χ1n) is 7.90. The van der Waals surface area contributed by atoms with Gasteiger partial charge >= 0.3 is 0 Å². The maximum atomic E-state index is 6.14. The van der Waals surface area contributed by atoms with Crippen molar-refractivity contribution in [1.82, 2.24) is 4.90 Å². The standard InChI is InChI=1S/C17H27N3O/c1-3-21-13-16-7-5-4-6-15(16)12-19-17(18)20-10-8-14(2)9-11-20/h4-7,14H,3,8-13H2,1-2H3,(H2,18,19). The van der Waals surface area contributed by atoms with Crippen LogP contribution in [0.3, 0.4) is 0 Å². The molecule has 4 heteroatoms. The largest absolute Gasteiger partial charge is 0.377 e. The van der Waals surface area contributed by atoms with Gasteiger partial charge < -0.3 is 15.4 Å². The SMILES string of the molecule is CCOCc1ccccc1CN=C(N)N1CCC(C)CC1. The van der Waals surface area contributed by atoms with Crippen LogP contribution in [0.25, 0.3) is 0 Å². The van der Waals surface area contributed by atoms with E-state index in [1.54, 1.807) is 0 Å². The molecule has 0 amide bonds. The van der Waals surface area contributed by atoms with Crippen LogP contribution in [-0.2, 0) is 17.9 Å². The number of nitrogens with two attached hydrogens (primary N) is 1. The predicted octanol–water partition coefficient (Wildman–Crippen LogP) is 2.77. The maximum absolute atomic E-state index is 6.14. The molecule has 0 aromatic heterocycles. The molecule has 1 aromatic carbocycles. The Hall–Kier alpha value is -1.55. The summed E-state index contributed by atoms with van der Waals surface area (Å²) < 4.78 is 5.51. The molecule has 0 spiro atoms. The summed E-state index contributed by atoms with van der Waals surface area (Å²) in [5, 5.41) is 0. The van der Waals surface area contributed by atoms with Gasteiger partial charge in [-0.25, -0.2) is 4.99 Å². The van der Waals surface area contributed by atoms with Crippen molar-refractivity contribution in [1.29, 1.82) is 0 Å². The molecule has 4 nitrogen and oxygen atoms in total. The van der Waals surface area contributed by atoms with Crippen LogP contribution in [0.15, 0.2) is 29.3 Å². The van der Waals surface area contributed by atoms with Crippen LogP contribution in [0.2, 0.25) is 0 Å². The first-order valence-corrected chi connectivity index (χ1v) is 7.90. The summed E-state index contributed by atoms with van der Waals surface area (Å²) in [6.07, 6.45) is 2.41. The van der Waals surface area contributed by atoms with E-state index in [9.17, 15) is 0 Å². The van der Waals surface area contributed by atoms with Gasteiger partial charge in [-0.3, -0.25) is 0 Å². The average molecular weight is 289 g/mol. The van der Waals surface area contributed by atoms with Crippen LogP contribution in [-0.4, -0.2) is 30.6 Å². The Bertz CT molecular complexity index is 465.